The molecule has 0 saturated carbocycles. The summed E-state index contributed by atoms with van der Waals surface area (Å²) >= 11 is 19.8. The van der Waals surface area contributed by atoms with E-state index in [-0.39, 0.29) is 0 Å². The number of thioether (sulfide) groups is 1. The van der Waals surface area contributed by atoms with Gasteiger partial charge < -0.3 is 0 Å². The first kappa shape index (κ1) is 12.8. The van der Waals surface area contributed by atoms with Crippen LogP contribution < -0.4 is 0 Å². The molecule has 1 fully saturated rings. The molecule has 0 aromatic heterocycles. The van der Waals surface area contributed by atoms with Crippen LogP contribution in [-0.4, -0.2) is 33.0 Å². The van der Waals surface area contributed by atoms with Crippen molar-refractivity contribution in [2.45, 2.75) is 22.2 Å². The minimum absolute atomic E-state index is 0.355. The minimum Gasteiger partial charge on any atom is -0.178 e. The molecule has 1 aliphatic rings. The molecule has 0 aromatic rings. The van der Waals surface area contributed by atoms with Gasteiger partial charge in [0, 0.05) is 21.5 Å². The van der Waals surface area contributed by atoms with E-state index < -0.39 is 0 Å². The largest absolute Gasteiger partial charge is 0.178 e. The van der Waals surface area contributed by atoms with Crippen molar-refractivity contribution in [1.29, 1.82) is 0 Å². The van der Waals surface area contributed by atoms with Crippen molar-refractivity contribution < 1.29 is 0 Å². The zero-order valence-electron chi connectivity index (χ0n) is 7.33. The van der Waals surface area contributed by atoms with E-state index in [9.17, 15) is 0 Å². The van der Waals surface area contributed by atoms with Crippen LogP contribution in [0.15, 0.2) is 0 Å². The molecule has 0 radical (unpaired) electrons. The van der Waals surface area contributed by atoms with Gasteiger partial charge in [0.05, 0.1) is 0 Å². The maximum Gasteiger partial charge on any atom is 0.0178 e. The van der Waals surface area contributed by atoms with Crippen LogP contribution >= 0.6 is 62.3 Å². The average molecular weight is 273 g/mol. The summed E-state index contributed by atoms with van der Waals surface area (Å²) < 4.78 is 0. The average Bonchev–Trinajstić information content (AvgIpc) is 2.00. The van der Waals surface area contributed by atoms with Crippen LogP contribution in [-0.2, 0) is 0 Å². The Bertz CT molecular complexity index is 147. The second-order valence-electron chi connectivity index (χ2n) is 3.43. The zero-order valence-corrected chi connectivity index (χ0v) is 11.7. The first-order valence-corrected chi connectivity index (χ1v) is 7.71. The number of hydrogen-bond acceptors (Lipinski definition) is 5. The quantitative estimate of drug-likeness (QED) is 0.558. The van der Waals surface area contributed by atoms with E-state index in [0.717, 1.165) is 18.1 Å². The fraction of sp³-hybridized carbons (Fsp3) is 1.00. The standard InChI is InChI=1S/C8H16S5/c9-2-6(10)1-7(11)8(12)5-3-13-4-5/h5-12H,1-4H2. The maximum absolute atomic E-state index is 4.62. The summed E-state index contributed by atoms with van der Waals surface area (Å²) in [6, 6.07) is 0. The van der Waals surface area contributed by atoms with E-state index >= 15 is 0 Å². The molecule has 3 atom stereocenters. The van der Waals surface area contributed by atoms with E-state index in [4.69, 9.17) is 0 Å². The van der Waals surface area contributed by atoms with Crippen molar-refractivity contribution in [1.82, 2.24) is 0 Å². The second-order valence-corrected chi connectivity index (χ2v) is 6.86. The Morgan fingerprint density at radius 2 is 1.85 bits per heavy atom. The molecule has 78 valence electrons. The molecule has 0 amide bonds. The fourth-order valence-corrected chi connectivity index (χ4v) is 3.84. The number of thiol groups is 4. The third-order valence-electron chi connectivity index (χ3n) is 2.27. The molecular weight excluding hydrogens is 256 g/mol. The summed E-state index contributed by atoms with van der Waals surface area (Å²) in [5, 5.41) is 1.15. The number of hydrogen-bond donors (Lipinski definition) is 4. The minimum atomic E-state index is 0.355. The SMILES string of the molecule is SCC(S)CC(S)C(S)C1CSC1. The van der Waals surface area contributed by atoms with Crippen molar-refractivity contribution in [3.05, 3.63) is 0 Å². The van der Waals surface area contributed by atoms with Gasteiger partial charge in [0.1, 0.15) is 0 Å². The molecule has 1 heterocycles. The van der Waals surface area contributed by atoms with Crippen LogP contribution in [0.25, 0.3) is 0 Å². The van der Waals surface area contributed by atoms with Gasteiger partial charge in [0.15, 0.2) is 0 Å². The predicted molar refractivity (Wildman–Crippen MR) is 77.6 cm³/mol. The predicted octanol–water partition coefficient (Wildman–Crippen LogP) is 2.56. The van der Waals surface area contributed by atoms with Crippen LogP contribution in [0.3, 0.4) is 0 Å². The fourth-order valence-electron chi connectivity index (χ4n) is 1.26. The smallest absolute Gasteiger partial charge is 0.0178 e. The van der Waals surface area contributed by atoms with Gasteiger partial charge in [-0.3, -0.25) is 0 Å². The lowest BCUT2D eigenvalue weighted by Gasteiger charge is -2.34. The third-order valence-corrected chi connectivity index (χ3v) is 6.26. The second kappa shape index (κ2) is 6.36. The van der Waals surface area contributed by atoms with E-state index in [1.165, 1.54) is 11.5 Å². The van der Waals surface area contributed by atoms with Gasteiger partial charge in [-0.15, -0.1) is 0 Å². The van der Waals surface area contributed by atoms with Gasteiger partial charge in [-0.05, 0) is 23.8 Å². The van der Waals surface area contributed by atoms with E-state index in [2.05, 4.69) is 50.5 Å². The van der Waals surface area contributed by atoms with Crippen LogP contribution in [0.2, 0.25) is 0 Å². The molecule has 5 heteroatoms. The molecule has 1 aliphatic heterocycles. The highest BCUT2D eigenvalue weighted by molar-refractivity contribution is 8.00. The maximum atomic E-state index is 4.62. The Morgan fingerprint density at radius 1 is 1.23 bits per heavy atom. The van der Waals surface area contributed by atoms with Gasteiger partial charge in [0.25, 0.3) is 0 Å². The molecule has 1 saturated heterocycles. The Balaban J connectivity index is 2.24. The van der Waals surface area contributed by atoms with Crippen LogP contribution in [0.4, 0.5) is 0 Å². The molecule has 0 aliphatic carbocycles. The molecule has 3 unspecified atom stereocenters. The Kier molecular flexibility index (Phi) is 6.27. The Morgan fingerprint density at radius 3 is 2.23 bits per heavy atom. The van der Waals surface area contributed by atoms with Crippen molar-refractivity contribution >= 4 is 62.3 Å². The molecule has 13 heavy (non-hydrogen) atoms. The van der Waals surface area contributed by atoms with Crippen LogP contribution in [0, 0.1) is 5.92 Å². The third kappa shape index (κ3) is 4.01. The summed E-state index contributed by atoms with van der Waals surface area (Å²) in [5.74, 6) is 4.09. The molecular formula is C8H16S5. The number of rotatable bonds is 5. The normalized spacial score (nSPS) is 24.9. The zero-order chi connectivity index (χ0) is 9.84. The van der Waals surface area contributed by atoms with Crippen molar-refractivity contribution in [2.24, 2.45) is 5.92 Å². The summed E-state index contributed by atoms with van der Waals surface area (Å²) in [5.41, 5.74) is 0. The summed E-state index contributed by atoms with van der Waals surface area (Å²) in [6.07, 6.45) is 1.01. The van der Waals surface area contributed by atoms with Gasteiger partial charge in [-0.1, -0.05) is 0 Å². The lowest BCUT2D eigenvalue weighted by atomic mass is 10.0. The molecule has 0 aromatic carbocycles. The highest BCUT2D eigenvalue weighted by Crippen LogP contribution is 2.34. The van der Waals surface area contributed by atoms with Gasteiger partial charge in [-0.2, -0.15) is 62.3 Å². The van der Waals surface area contributed by atoms with Crippen molar-refractivity contribution in [2.75, 3.05) is 17.3 Å². The Labute approximate surface area is 107 Å². The topological polar surface area (TPSA) is 0 Å². The lowest BCUT2D eigenvalue weighted by Crippen LogP contribution is -2.35. The molecule has 0 spiro atoms. The highest BCUT2D eigenvalue weighted by atomic mass is 32.2. The summed E-state index contributed by atoms with van der Waals surface area (Å²) in [6.45, 7) is 0. The van der Waals surface area contributed by atoms with Gasteiger partial charge in [-0.25, -0.2) is 0 Å². The van der Waals surface area contributed by atoms with Crippen molar-refractivity contribution in [3.8, 4) is 0 Å². The van der Waals surface area contributed by atoms with Crippen LogP contribution in [0.5, 0.6) is 0 Å². The molecule has 0 N–H and O–H groups in total. The van der Waals surface area contributed by atoms with E-state index in [0.29, 0.717) is 15.7 Å². The summed E-state index contributed by atoms with van der Waals surface area (Å²) in [7, 11) is 0. The summed E-state index contributed by atoms with van der Waals surface area (Å²) in [4.78, 5) is 0. The van der Waals surface area contributed by atoms with Gasteiger partial charge >= 0.3 is 0 Å². The van der Waals surface area contributed by atoms with E-state index in [1.54, 1.807) is 0 Å². The highest BCUT2D eigenvalue weighted by Gasteiger charge is 2.30. The molecule has 0 nitrogen and oxygen atoms in total. The van der Waals surface area contributed by atoms with E-state index in [1.807, 2.05) is 11.8 Å². The van der Waals surface area contributed by atoms with Crippen molar-refractivity contribution in [3.63, 3.8) is 0 Å². The monoisotopic (exact) mass is 272 g/mol. The van der Waals surface area contributed by atoms with Crippen LogP contribution in [0.1, 0.15) is 6.42 Å². The first-order valence-electron chi connectivity index (χ1n) is 4.38. The van der Waals surface area contributed by atoms with Gasteiger partial charge in [0.2, 0.25) is 0 Å². The first-order chi connectivity index (χ1) is 6.15. The molecule has 1 rings (SSSR count). The Hall–Kier alpha value is 1.75. The lowest BCUT2D eigenvalue weighted by molar-refractivity contribution is 0.566. The molecule has 0 bridgehead atoms.